The number of rotatable bonds is 5. The standard InChI is InChI=1S/C12H12N4O2S3/c1-13-6-10-11(8-4-2-3-5-9(8)20-10)21(17,18)16-12-15-14-7-19-12/h2-5,7,13H,6H2,1H3,(H,15,16). The normalized spacial score (nSPS) is 11.9. The van der Waals surface area contributed by atoms with Gasteiger partial charge in [0.2, 0.25) is 5.13 Å². The molecule has 2 N–H and O–H groups in total. The summed E-state index contributed by atoms with van der Waals surface area (Å²) in [5.41, 5.74) is 1.48. The summed E-state index contributed by atoms with van der Waals surface area (Å²) in [5, 5.41) is 11.4. The van der Waals surface area contributed by atoms with Gasteiger partial charge in [-0.3, -0.25) is 4.72 Å². The molecule has 110 valence electrons. The van der Waals surface area contributed by atoms with Gasteiger partial charge in [0.05, 0.1) is 0 Å². The molecule has 3 rings (SSSR count). The summed E-state index contributed by atoms with van der Waals surface area (Å²) in [5.74, 6) is 0. The number of fused-ring (bicyclic) bond motifs is 1. The predicted molar refractivity (Wildman–Crippen MR) is 85.3 cm³/mol. The Hall–Kier alpha value is -1.55. The van der Waals surface area contributed by atoms with Crippen molar-refractivity contribution in [1.82, 2.24) is 15.5 Å². The summed E-state index contributed by atoms with van der Waals surface area (Å²) in [6, 6.07) is 7.47. The van der Waals surface area contributed by atoms with Crippen LogP contribution in [0.15, 0.2) is 34.7 Å². The Labute approximate surface area is 129 Å². The number of hydrogen-bond donors (Lipinski definition) is 2. The van der Waals surface area contributed by atoms with Crippen molar-refractivity contribution in [3.63, 3.8) is 0 Å². The molecule has 0 aliphatic rings. The Bertz CT molecular complexity index is 856. The lowest BCUT2D eigenvalue weighted by atomic mass is 10.2. The van der Waals surface area contributed by atoms with Crippen LogP contribution in [0.25, 0.3) is 10.1 Å². The van der Waals surface area contributed by atoms with E-state index in [-0.39, 0.29) is 5.13 Å². The van der Waals surface area contributed by atoms with Crippen LogP contribution in [-0.2, 0) is 16.6 Å². The fraction of sp³-hybridized carbons (Fsp3) is 0.167. The van der Waals surface area contributed by atoms with Crippen LogP contribution in [-0.4, -0.2) is 25.7 Å². The molecule has 3 aromatic rings. The number of nitrogens with one attached hydrogen (secondary N) is 2. The van der Waals surface area contributed by atoms with E-state index in [1.165, 1.54) is 16.8 Å². The Balaban J connectivity index is 2.15. The van der Waals surface area contributed by atoms with Gasteiger partial charge in [-0.1, -0.05) is 29.5 Å². The highest BCUT2D eigenvalue weighted by Crippen LogP contribution is 2.35. The van der Waals surface area contributed by atoms with Crippen molar-refractivity contribution < 1.29 is 8.42 Å². The molecule has 0 unspecified atom stereocenters. The molecule has 0 bridgehead atoms. The minimum atomic E-state index is -3.69. The van der Waals surface area contributed by atoms with E-state index in [4.69, 9.17) is 0 Å². The molecule has 0 saturated carbocycles. The summed E-state index contributed by atoms with van der Waals surface area (Å²) >= 11 is 2.62. The van der Waals surface area contributed by atoms with Gasteiger partial charge in [-0.2, -0.15) is 0 Å². The first-order chi connectivity index (χ1) is 10.1. The van der Waals surface area contributed by atoms with Crippen LogP contribution in [0.5, 0.6) is 0 Å². The van der Waals surface area contributed by atoms with Crippen molar-refractivity contribution in [3.8, 4) is 0 Å². The molecule has 0 spiro atoms. The molecule has 9 heteroatoms. The third kappa shape index (κ3) is 2.77. The van der Waals surface area contributed by atoms with Gasteiger partial charge in [0.25, 0.3) is 10.0 Å². The number of nitrogens with zero attached hydrogens (tertiary/aromatic N) is 2. The molecule has 21 heavy (non-hydrogen) atoms. The van der Waals surface area contributed by atoms with Crippen molar-refractivity contribution in [2.75, 3.05) is 11.8 Å². The Morgan fingerprint density at radius 2 is 2.10 bits per heavy atom. The van der Waals surface area contributed by atoms with Gasteiger partial charge in [0.1, 0.15) is 10.4 Å². The van der Waals surface area contributed by atoms with E-state index in [1.54, 1.807) is 7.05 Å². The molecule has 6 nitrogen and oxygen atoms in total. The highest BCUT2D eigenvalue weighted by Gasteiger charge is 2.25. The Morgan fingerprint density at radius 3 is 2.81 bits per heavy atom. The first kappa shape index (κ1) is 14.4. The van der Waals surface area contributed by atoms with Crippen LogP contribution in [0.4, 0.5) is 5.13 Å². The van der Waals surface area contributed by atoms with E-state index in [2.05, 4.69) is 20.2 Å². The Morgan fingerprint density at radius 1 is 1.29 bits per heavy atom. The van der Waals surface area contributed by atoms with Crippen molar-refractivity contribution in [2.45, 2.75) is 11.4 Å². The summed E-state index contributed by atoms with van der Waals surface area (Å²) in [6.07, 6.45) is 0. The van der Waals surface area contributed by atoms with Crippen LogP contribution in [0.1, 0.15) is 4.88 Å². The average Bonchev–Trinajstić information content (AvgIpc) is 3.05. The summed E-state index contributed by atoms with van der Waals surface area (Å²) in [7, 11) is -1.90. The SMILES string of the molecule is CNCc1sc2ccccc2c1S(=O)(=O)Nc1nncs1. The fourth-order valence-corrected chi connectivity index (χ4v) is 5.68. The van der Waals surface area contributed by atoms with E-state index in [0.717, 1.165) is 26.3 Å². The second-order valence-corrected chi connectivity index (χ2v) is 7.82. The second-order valence-electron chi connectivity index (χ2n) is 4.23. The van der Waals surface area contributed by atoms with Crippen LogP contribution >= 0.6 is 22.7 Å². The minimum absolute atomic E-state index is 0.265. The van der Waals surface area contributed by atoms with E-state index in [1.807, 2.05) is 24.3 Å². The maximum absolute atomic E-state index is 12.7. The van der Waals surface area contributed by atoms with Crippen LogP contribution in [0.3, 0.4) is 0 Å². The lowest BCUT2D eigenvalue weighted by Crippen LogP contribution is -2.16. The van der Waals surface area contributed by atoms with E-state index < -0.39 is 10.0 Å². The van der Waals surface area contributed by atoms with Gasteiger partial charge in [-0.05, 0) is 13.1 Å². The van der Waals surface area contributed by atoms with Crippen LogP contribution in [0.2, 0.25) is 0 Å². The molecule has 0 aliphatic heterocycles. The van der Waals surface area contributed by atoms with E-state index in [9.17, 15) is 8.42 Å². The minimum Gasteiger partial charge on any atom is -0.315 e. The zero-order valence-corrected chi connectivity index (χ0v) is 13.5. The molecule has 0 aliphatic carbocycles. The highest BCUT2D eigenvalue weighted by molar-refractivity contribution is 7.93. The average molecular weight is 340 g/mol. The van der Waals surface area contributed by atoms with E-state index >= 15 is 0 Å². The predicted octanol–water partition coefficient (Wildman–Crippen LogP) is 2.27. The smallest absolute Gasteiger partial charge is 0.265 e. The molecular formula is C12H12N4O2S3. The van der Waals surface area contributed by atoms with E-state index in [0.29, 0.717) is 11.4 Å². The lowest BCUT2D eigenvalue weighted by Gasteiger charge is -2.06. The molecular weight excluding hydrogens is 328 g/mol. The monoisotopic (exact) mass is 340 g/mol. The molecule has 2 heterocycles. The largest absolute Gasteiger partial charge is 0.315 e. The van der Waals surface area contributed by atoms with Crippen molar-refractivity contribution >= 4 is 47.9 Å². The second kappa shape index (κ2) is 5.68. The maximum Gasteiger partial charge on any atom is 0.265 e. The molecule has 0 radical (unpaired) electrons. The topological polar surface area (TPSA) is 84.0 Å². The number of hydrogen-bond acceptors (Lipinski definition) is 7. The molecule has 0 amide bonds. The first-order valence-corrected chi connectivity index (χ1v) is 9.24. The molecule has 0 fully saturated rings. The van der Waals surface area contributed by atoms with Gasteiger partial charge >= 0.3 is 0 Å². The number of sulfonamides is 1. The third-order valence-electron chi connectivity index (χ3n) is 2.81. The van der Waals surface area contributed by atoms with Crippen LogP contribution in [0, 0.1) is 0 Å². The van der Waals surface area contributed by atoms with Gasteiger partial charge in [0.15, 0.2) is 0 Å². The third-order valence-corrected chi connectivity index (χ3v) is 6.31. The number of aromatic nitrogens is 2. The van der Waals surface area contributed by atoms with Gasteiger partial charge in [0, 0.05) is 21.5 Å². The van der Waals surface area contributed by atoms with Gasteiger partial charge in [-0.15, -0.1) is 21.5 Å². The lowest BCUT2D eigenvalue weighted by molar-refractivity contribution is 0.601. The zero-order chi connectivity index (χ0) is 14.9. The van der Waals surface area contributed by atoms with Crippen molar-refractivity contribution in [3.05, 3.63) is 34.7 Å². The first-order valence-electron chi connectivity index (χ1n) is 6.06. The van der Waals surface area contributed by atoms with Crippen LogP contribution < -0.4 is 10.0 Å². The molecule has 2 aromatic heterocycles. The quantitative estimate of drug-likeness (QED) is 0.744. The number of thiophene rings is 1. The highest BCUT2D eigenvalue weighted by atomic mass is 32.2. The zero-order valence-electron chi connectivity index (χ0n) is 11.0. The summed E-state index contributed by atoms with van der Waals surface area (Å²) in [6.45, 7) is 0.492. The molecule has 0 saturated heterocycles. The maximum atomic E-state index is 12.7. The van der Waals surface area contributed by atoms with Gasteiger partial charge in [-0.25, -0.2) is 8.42 Å². The molecule has 0 atom stereocenters. The van der Waals surface area contributed by atoms with Crippen molar-refractivity contribution in [1.29, 1.82) is 0 Å². The summed E-state index contributed by atoms with van der Waals surface area (Å²) in [4.78, 5) is 1.09. The van der Waals surface area contributed by atoms with Gasteiger partial charge < -0.3 is 5.32 Å². The summed E-state index contributed by atoms with van der Waals surface area (Å²) < 4.78 is 28.8. The fourth-order valence-electron chi connectivity index (χ4n) is 2.03. The Kier molecular flexibility index (Phi) is 3.89. The number of anilines is 1. The molecule has 1 aromatic carbocycles. The number of benzene rings is 1. The van der Waals surface area contributed by atoms with Crippen molar-refractivity contribution in [2.24, 2.45) is 0 Å².